The number of urea groups is 1. The van der Waals surface area contributed by atoms with Crippen LogP contribution in [0.5, 0.6) is 17.2 Å². The number of aromatic hydroxyl groups is 2. The molecule has 3 aliphatic heterocycles. The fraction of sp³-hybridized carbons (Fsp3) is 0.297. The van der Waals surface area contributed by atoms with Gasteiger partial charge in [-0.05, 0) is 73.4 Å². The van der Waals surface area contributed by atoms with E-state index < -0.39 is 11.9 Å². The van der Waals surface area contributed by atoms with E-state index in [2.05, 4.69) is 15.0 Å². The molecule has 5 aliphatic rings. The fourth-order valence-corrected chi connectivity index (χ4v) is 9.57. The topological polar surface area (TPSA) is 201 Å². The second kappa shape index (κ2) is 9.53. The number of anilines is 2. The Bertz CT molecular complexity index is 2550. The first-order valence-electron chi connectivity index (χ1n) is 16.9. The number of hydrogen-bond donors (Lipinski definition) is 6. The molecule has 1 saturated carbocycles. The zero-order chi connectivity index (χ0) is 35.4. The molecule has 1 spiro atoms. The minimum absolute atomic E-state index is 0.0689. The van der Waals surface area contributed by atoms with Crippen LogP contribution < -0.4 is 20.3 Å². The van der Waals surface area contributed by atoms with Gasteiger partial charge in [0.15, 0.2) is 11.5 Å². The maximum Gasteiger partial charge on any atom is 0.319 e. The predicted molar refractivity (Wildman–Crippen MR) is 186 cm³/mol. The number of aryl methyl sites for hydroxylation is 2. The molecule has 10 rings (SSSR count). The van der Waals surface area contributed by atoms with E-state index in [-0.39, 0.29) is 58.2 Å². The van der Waals surface area contributed by atoms with Gasteiger partial charge in [0.05, 0.1) is 35.2 Å². The number of likely N-dealkylation sites (tertiary alicyclic amines) is 1. The summed E-state index contributed by atoms with van der Waals surface area (Å²) in [4.78, 5) is 67.6. The molecule has 3 aromatic heterocycles. The number of carbonyl (C=O) groups is 4. The standard InChI is InChI=1S/C37H33N7O7/c1-14-12-39-28-23(45)10-24-37(25(14)28)11-16(37)13-44(24)35(49)22-9-20-18-4-6-42(30(18)32(47)33(51-3)27(20)41-22)34(48)21-8-19-17-5-7-43(36(38)50)29(17)31(46)15(2)26(19)40-21/h8-10,12,16,39-41,46-47H,4-7,11,13H2,1-3H3,(H2,38,50)/t16-,37?/m1/s1. The summed E-state index contributed by atoms with van der Waals surface area (Å²) in [5.41, 5.74) is 12.7. The number of ketones is 1. The van der Waals surface area contributed by atoms with E-state index in [1.54, 1.807) is 30.0 Å². The number of aromatic amines is 3. The molecule has 7 N–H and O–H groups in total. The van der Waals surface area contributed by atoms with Crippen LogP contribution in [-0.4, -0.2) is 80.4 Å². The van der Waals surface area contributed by atoms with Crippen LogP contribution in [0.4, 0.5) is 16.2 Å². The molecule has 1 unspecified atom stereocenters. The minimum atomic E-state index is -0.666. The number of amides is 4. The summed E-state index contributed by atoms with van der Waals surface area (Å²) in [5, 5.41) is 24.0. The monoisotopic (exact) mass is 687 g/mol. The van der Waals surface area contributed by atoms with Crippen LogP contribution >= 0.6 is 0 Å². The molecule has 5 aromatic rings. The number of methoxy groups -OCH3 is 1. The van der Waals surface area contributed by atoms with E-state index >= 15 is 0 Å². The number of nitrogens with zero attached hydrogens (tertiary/aromatic N) is 3. The van der Waals surface area contributed by atoms with Gasteiger partial charge in [0.1, 0.15) is 17.1 Å². The number of benzene rings is 2. The molecule has 14 heteroatoms. The smallest absolute Gasteiger partial charge is 0.319 e. The quantitative estimate of drug-likeness (QED) is 0.164. The van der Waals surface area contributed by atoms with E-state index in [1.165, 1.54) is 16.9 Å². The molecule has 0 bridgehead atoms. The average molecular weight is 688 g/mol. The number of nitrogens with two attached hydrogens (primary N) is 1. The molecule has 14 nitrogen and oxygen atoms in total. The number of hydrogen-bond acceptors (Lipinski definition) is 7. The molecule has 258 valence electrons. The lowest BCUT2D eigenvalue weighted by Gasteiger charge is -2.28. The van der Waals surface area contributed by atoms with Gasteiger partial charge < -0.3 is 45.4 Å². The summed E-state index contributed by atoms with van der Waals surface area (Å²) in [6.07, 6.45) is 5.21. The molecule has 51 heavy (non-hydrogen) atoms. The van der Waals surface area contributed by atoms with Crippen molar-refractivity contribution < 1.29 is 34.1 Å². The van der Waals surface area contributed by atoms with Crippen molar-refractivity contribution in [2.24, 2.45) is 11.7 Å². The highest BCUT2D eigenvalue weighted by atomic mass is 16.5. The highest BCUT2D eigenvalue weighted by Gasteiger charge is 2.68. The summed E-state index contributed by atoms with van der Waals surface area (Å²) >= 11 is 0. The second-order valence-corrected chi connectivity index (χ2v) is 14.3. The Hall–Kier alpha value is -6.18. The first-order chi connectivity index (χ1) is 24.5. The SMILES string of the molecule is COc1c(O)c2c(c3cc(C(=O)N4C[C@H]5CC56C4=CC(=O)c4[nH]cc(C)c46)[nH]c13)CCN2C(=O)c1cc2c3c(c(O)c(C)c2[nH]1)N(C(N)=O)CC3. The van der Waals surface area contributed by atoms with Crippen molar-refractivity contribution in [1.29, 1.82) is 0 Å². The van der Waals surface area contributed by atoms with Crippen LogP contribution in [0.15, 0.2) is 30.1 Å². The average Bonchev–Trinajstić information content (AvgIpc) is 3.83. The summed E-state index contributed by atoms with van der Waals surface area (Å²) in [6, 6.07) is 2.78. The first kappa shape index (κ1) is 29.7. The van der Waals surface area contributed by atoms with Crippen LogP contribution in [0, 0.1) is 19.8 Å². The van der Waals surface area contributed by atoms with Gasteiger partial charge >= 0.3 is 6.03 Å². The Morgan fingerprint density at radius 2 is 1.55 bits per heavy atom. The Kier molecular flexibility index (Phi) is 5.55. The normalized spacial score (nSPS) is 21.2. The number of phenolic OH excluding ortho intramolecular Hbond substituents is 2. The molecule has 6 heterocycles. The summed E-state index contributed by atoms with van der Waals surface area (Å²) < 4.78 is 5.68. The number of piperidine rings is 1. The fourth-order valence-electron chi connectivity index (χ4n) is 9.57. The van der Waals surface area contributed by atoms with Crippen LogP contribution in [0.25, 0.3) is 21.8 Å². The molecular weight excluding hydrogens is 654 g/mol. The number of allylic oxidation sites excluding steroid dienone is 2. The van der Waals surface area contributed by atoms with Gasteiger partial charge in [0.25, 0.3) is 11.8 Å². The number of fused-ring (bicyclic) bond motifs is 7. The summed E-state index contributed by atoms with van der Waals surface area (Å²) in [6.45, 7) is 4.76. The number of carbonyl (C=O) groups excluding carboxylic acids is 4. The number of nitrogens with one attached hydrogen (secondary N) is 3. The number of aromatic nitrogens is 3. The molecule has 2 aromatic carbocycles. The van der Waals surface area contributed by atoms with Gasteiger partial charge in [-0.25, -0.2) is 4.79 Å². The van der Waals surface area contributed by atoms with Gasteiger partial charge in [0, 0.05) is 59.4 Å². The van der Waals surface area contributed by atoms with E-state index in [1.807, 2.05) is 13.1 Å². The number of H-pyrrole nitrogens is 3. The van der Waals surface area contributed by atoms with Crippen molar-refractivity contribution in [2.75, 3.05) is 36.5 Å². The van der Waals surface area contributed by atoms with Crippen molar-refractivity contribution in [3.05, 3.63) is 75.0 Å². The lowest BCUT2D eigenvalue weighted by atomic mass is 9.83. The Morgan fingerprint density at radius 3 is 2.24 bits per heavy atom. The Morgan fingerprint density at radius 1 is 0.922 bits per heavy atom. The van der Waals surface area contributed by atoms with Crippen molar-refractivity contribution in [3.63, 3.8) is 0 Å². The highest BCUT2D eigenvalue weighted by molar-refractivity contribution is 6.15. The third-order valence-corrected chi connectivity index (χ3v) is 11.9. The zero-order valence-electron chi connectivity index (χ0n) is 28.0. The van der Waals surface area contributed by atoms with Gasteiger partial charge in [-0.3, -0.25) is 19.3 Å². The number of ether oxygens (including phenoxy) is 1. The lowest BCUT2D eigenvalue weighted by Crippen LogP contribution is -2.34. The second-order valence-electron chi connectivity index (χ2n) is 14.3. The lowest BCUT2D eigenvalue weighted by molar-refractivity contribution is 0.0806. The molecule has 2 fully saturated rings. The number of primary amides is 1. The molecule has 1 saturated heterocycles. The molecule has 2 atom stereocenters. The maximum absolute atomic E-state index is 14.2. The summed E-state index contributed by atoms with van der Waals surface area (Å²) in [5.74, 6) is -0.804. The van der Waals surface area contributed by atoms with Crippen molar-refractivity contribution >= 4 is 56.8 Å². The van der Waals surface area contributed by atoms with E-state index in [4.69, 9.17) is 10.5 Å². The highest BCUT2D eigenvalue weighted by Crippen LogP contribution is 2.67. The van der Waals surface area contributed by atoms with Gasteiger partial charge in [-0.2, -0.15) is 0 Å². The Labute approximate surface area is 289 Å². The molecule has 2 aliphatic carbocycles. The van der Waals surface area contributed by atoms with Crippen molar-refractivity contribution in [2.45, 2.75) is 38.5 Å². The number of phenols is 2. The predicted octanol–water partition coefficient (Wildman–Crippen LogP) is 4.15. The zero-order valence-corrected chi connectivity index (χ0v) is 28.0. The number of rotatable bonds is 3. The van der Waals surface area contributed by atoms with Crippen molar-refractivity contribution in [1.82, 2.24) is 19.9 Å². The van der Waals surface area contributed by atoms with Gasteiger partial charge in [-0.1, -0.05) is 0 Å². The first-order valence-corrected chi connectivity index (χ1v) is 16.9. The van der Waals surface area contributed by atoms with Gasteiger partial charge in [0.2, 0.25) is 5.78 Å². The van der Waals surface area contributed by atoms with E-state index in [9.17, 15) is 29.4 Å². The third-order valence-electron chi connectivity index (χ3n) is 11.9. The van der Waals surface area contributed by atoms with Crippen LogP contribution in [-0.2, 0) is 18.3 Å². The van der Waals surface area contributed by atoms with Gasteiger partial charge in [-0.15, -0.1) is 0 Å². The Balaban J connectivity index is 1.03. The third kappa shape index (κ3) is 3.51. The molecular formula is C37H33N7O7. The van der Waals surface area contributed by atoms with Crippen molar-refractivity contribution in [3.8, 4) is 17.2 Å². The van der Waals surface area contributed by atoms with Crippen LogP contribution in [0.3, 0.4) is 0 Å². The van der Waals surface area contributed by atoms with E-state index in [0.29, 0.717) is 75.9 Å². The van der Waals surface area contributed by atoms with E-state index in [0.717, 1.165) is 28.8 Å². The maximum atomic E-state index is 14.2. The van der Waals surface area contributed by atoms with Crippen LogP contribution in [0.1, 0.15) is 65.7 Å². The summed E-state index contributed by atoms with van der Waals surface area (Å²) in [7, 11) is 1.42. The minimum Gasteiger partial charge on any atom is -0.505 e. The molecule has 0 radical (unpaired) electrons. The largest absolute Gasteiger partial charge is 0.505 e. The molecule has 4 amide bonds. The van der Waals surface area contributed by atoms with Crippen LogP contribution in [0.2, 0.25) is 0 Å².